The number of esters is 1. The number of likely N-dealkylation sites (tertiary alicyclic amines) is 1. The quantitative estimate of drug-likeness (QED) is 0.133. The number of rotatable bonds is 24. The molecule has 2 aromatic rings. The van der Waals surface area contributed by atoms with E-state index in [4.69, 9.17) is 14.2 Å². The molecule has 1 fully saturated rings. The topological polar surface area (TPSA) is 148 Å². The number of methoxy groups -OCH3 is 3. The summed E-state index contributed by atoms with van der Waals surface area (Å²) >= 11 is 0. The van der Waals surface area contributed by atoms with Gasteiger partial charge >= 0.3 is 5.97 Å². The molecule has 3 amide bonds. The highest BCUT2D eigenvalue weighted by atomic mass is 16.5. The molecule has 1 aliphatic rings. The minimum atomic E-state index is -0.894. The average Bonchev–Trinajstić information content (AvgIpc) is 3.72. The molecule has 334 valence electrons. The van der Waals surface area contributed by atoms with Crippen molar-refractivity contribution in [3.05, 3.63) is 66.0 Å². The van der Waals surface area contributed by atoms with Crippen molar-refractivity contribution in [3.8, 4) is 0 Å². The third kappa shape index (κ3) is 13.4. The van der Waals surface area contributed by atoms with E-state index in [-0.39, 0.29) is 66.6 Å². The highest BCUT2D eigenvalue weighted by Gasteiger charge is 2.43. The van der Waals surface area contributed by atoms with Crippen LogP contribution in [0.5, 0.6) is 0 Å². The Morgan fingerprint density at radius 3 is 2.07 bits per heavy atom. The average molecular weight is 836 g/mol. The van der Waals surface area contributed by atoms with Gasteiger partial charge in [0.2, 0.25) is 17.7 Å². The van der Waals surface area contributed by atoms with Crippen molar-refractivity contribution >= 4 is 29.5 Å². The van der Waals surface area contributed by atoms with Gasteiger partial charge < -0.3 is 29.3 Å². The first-order valence-corrected chi connectivity index (χ1v) is 21.7. The summed E-state index contributed by atoms with van der Waals surface area (Å²) in [6.07, 6.45) is 4.68. The highest BCUT2D eigenvalue weighted by Crippen LogP contribution is 2.31. The lowest BCUT2D eigenvalue weighted by molar-refractivity contribution is -0.150. The molecule has 0 unspecified atom stereocenters. The van der Waals surface area contributed by atoms with E-state index in [0.29, 0.717) is 19.5 Å². The molecular formula is C47H73N5O8. The van der Waals surface area contributed by atoms with Gasteiger partial charge in [0.25, 0.3) is 0 Å². The van der Waals surface area contributed by atoms with Gasteiger partial charge in [-0.3, -0.25) is 29.1 Å². The Kier molecular flexibility index (Phi) is 20.3. The van der Waals surface area contributed by atoms with Crippen molar-refractivity contribution < 1.29 is 38.2 Å². The number of nitrogens with one attached hydrogen (secondary N) is 1. The van der Waals surface area contributed by atoms with E-state index in [9.17, 15) is 24.0 Å². The van der Waals surface area contributed by atoms with E-state index in [1.807, 2.05) is 77.2 Å². The van der Waals surface area contributed by atoms with Gasteiger partial charge in [0.05, 0.1) is 49.8 Å². The largest absolute Gasteiger partial charge is 0.467 e. The number of amides is 3. The lowest BCUT2D eigenvalue weighted by atomic mass is 9.83. The fourth-order valence-electron chi connectivity index (χ4n) is 9.00. The lowest BCUT2D eigenvalue weighted by Crippen LogP contribution is -2.55. The second-order valence-electron chi connectivity index (χ2n) is 17.3. The second-order valence-corrected chi connectivity index (χ2v) is 17.3. The van der Waals surface area contributed by atoms with Crippen molar-refractivity contribution in [2.45, 2.75) is 130 Å². The van der Waals surface area contributed by atoms with Crippen LogP contribution in [0.2, 0.25) is 0 Å². The van der Waals surface area contributed by atoms with Gasteiger partial charge in [0.15, 0.2) is 5.78 Å². The molecule has 1 aliphatic heterocycles. The van der Waals surface area contributed by atoms with Gasteiger partial charge in [-0.05, 0) is 60.9 Å². The maximum atomic E-state index is 14.6. The summed E-state index contributed by atoms with van der Waals surface area (Å²) in [5, 5.41) is 2.87. The zero-order chi connectivity index (χ0) is 44.7. The highest BCUT2D eigenvalue weighted by molar-refractivity contribution is 5.90. The van der Waals surface area contributed by atoms with E-state index < -0.39 is 48.1 Å². The standard InChI is InChI=1S/C47H73N5O8/c1-13-32(6)43(51(9)46(56)36(30(2)3)27-39(53)42(31(4)5)50(8)29-35-21-23-48-24-22-35)40(58-10)28-41(54)52-25-17-20-38(52)44(59-11)33(7)45(55)49-37(47(57)60-12)26-34-18-15-14-16-19-34/h14-16,18-19,21-24,30-33,36-38,40,42-44H,13,17,20,25-29H2,1-12H3,(H,49,55)/t32-,33+,36-,37-,38-,40+,42-,43-,44+/m0/s1. The Balaban J connectivity index is 1.78. The molecule has 1 N–H and O–H groups in total. The smallest absolute Gasteiger partial charge is 0.328 e. The second kappa shape index (κ2) is 24.3. The van der Waals surface area contributed by atoms with Gasteiger partial charge in [0.1, 0.15) is 6.04 Å². The first-order chi connectivity index (χ1) is 28.5. The predicted octanol–water partition coefficient (Wildman–Crippen LogP) is 5.59. The number of nitrogens with zero attached hydrogens (tertiary/aromatic N) is 4. The van der Waals surface area contributed by atoms with Crippen LogP contribution in [0.3, 0.4) is 0 Å². The molecular weight excluding hydrogens is 763 g/mol. The Morgan fingerprint density at radius 2 is 1.52 bits per heavy atom. The van der Waals surface area contributed by atoms with Crippen LogP contribution in [0.1, 0.15) is 91.7 Å². The third-order valence-corrected chi connectivity index (χ3v) is 12.5. The molecule has 0 spiro atoms. The normalized spacial score (nSPS) is 18.3. The summed E-state index contributed by atoms with van der Waals surface area (Å²) in [5.41, 5.74) is 1.93. The van der Waals surface area contributed by atoms with Crippen LogP contribution in [0.25, 0.3) is 0 Å². The van der Waals surface area contributed by atoms with E-state index in [1.165, 1.54) is 14.2 Å². The van der Waals surface area contributed by atoms with Crippen molar-refractivity contribution in [2.24, 2.45) is 29.6 Å². The number of benzene rings is 1. The Hall–Kier alpha value is -4.20. The van der Waals surface area contributed by atoms with E-state index in [0.717, 1.165) is 24.0 Å². The van der Waals surface area contributed by atoms with Gasteiger partial charge in [-0.1, -0.05) is 85.2 Å². The number of hydrogen-bond donors (Lipinski definition) is 1. The summed E-state index contributed by atoms with van der Waals surface area (Å²) in [7, 11) is 8.11. The number of ketones is 1. The van der Waals surface area contributed by atoms with E-state index in [1.54, 1.807) is 43.3 Å². The molecule has 9 atom stereocenters. The molecule has 60 heavy (non-hydrogen) atoms. The zero-order valence-electron chi connectivity index (χ0n) is 38.3. The fourth-order valence-corrected chi connectivity index (χ4v) is 9.00. The summed E-state index contributed by atoms with van der Waals surface area (Å²) in [6, 6.07) is 11.2. The number of aromatic nitrogens is 1. The third-order valence-electron chi connectivity index (χ3n) is 12.5. The molecule has 13 heteroatoms. The number of carbonyl (C=O) groups is 5. The van der Waals surface area contributed by atoms with Crippen LogP contribution in [0, 0.1) is 29.6 Å². The molecule has 0 saturated carbocycles. The molecule has 1 saturated heterocycles. The predicted molar refractivity (Wildman–Crippen MR) is 232 cm³/mol. The van der Waals surface area contributed by atoms with Crippen LogP contribution >= 0.6 is 0 Å². The van der Waals surface area contributed by atoms with Crippen molar-refractivity contribution in [1.82, 2.24) is 25.0 Å². The molecule has 1 aromatic heterocycles. The van der Waals surface area contributed by atoms with Gasteiger partial charge in [-0.25, -0.2) is 4.79 Å². The Bertz CT molecular complexity index is 1660. The molecule has 3 rings (SSSR count). The van der Waals surface area contributed by atoms with Crippen molar-refractivity contribution in [3.63, 3.8) is 0 Å². The molecule has 0 radical (unpaired) electrons. The number of likely N-dealkylation sites (N-methyl/N-ethyl adjacent to an activating group) is 2. The van der Waals surface area contributed by atoms with Crippen LogP contribution in [-0.4, -0.2) is 128 Å². The first kappa shape index (κ1) is 50.2. The summed E-state index contributed by atoms with van der Waals surface area (Å²) in [6.45, 7) is 14.9. The van der Waals surface area contributed by atoms with Gasteiger partial charge in [-0.15, -0.1) is 0 Å². The van der Waals surface area contributed by atoms with Crippen LogP contribution in [-0.2, 0) is 51.1 Å². The monoisotopic (exact) mass is 836 g/mol. The fraction of sp³-hybridized carbons (Fsp3) is 0.660. The molecule has 13 nitrogen and oxygen atoms in total. The summed E-state index contributed by atoms with van der Waals surface area (Å²) in [5.74, 6) is -2.58. The summed E-state index contributed by atoms with van der Waals surface area (Å²) < 4.78 is 17.1. The minimum absolute atomic E-state index is 0.0125. The Labute approximate surface area is 359 Å². The zero-order valence-corrected chi connectivity index (χ0v) is 38.3. The minimum Gasteiger partial charge on any atom is -0.467 e. The molecule has 1 aromatic carbocycles. The number of hydrogen-bond acceptors (Lipinski definition) is 10. The molecule has 0 aliphatic carbocycles. The number of Topliss-reactive ketones (excluding diaryl/α,β-unsaturated/α-hetero) is 1. The van der Waals surface area contributed by atoms with Crippen LogP contribution in [0.4, 0.5) is 0 Å². The van der Waals surface area contributed by atoms with Gasteiger partial charge in [-0.2, -0.15) is 0 Å². The first-order valence-electron chi connectivity index (χ1n) is 21.7. The summed E-state index contributed by atoms with van der Waals surface area (Å²) in [4.78, 5) is 79.2. The van der Waals surface area contributed by atoms with Gasteiger partial charge in [0, 0.05) is 65.5 Å². The Morgan fingerprint density at radius 1 is 0.867 bits per heavy atom. The van der Waals surface area contributed by atoms with E-state index >= 15 is 0 Å². The maximum absolute atomic E-state index is 14.6. The SMILES string of the molecule is CC[C@H](C)[C@@H]([C@@H](CC(=O)N1CCC[C@H]1[C@H](OC)[C@@H](C)C(=O)N[C@@H](Cc1ccccc1)C(=O)OC)OC)N(C)C(=O)[C@@H](CC(=O)[C@H](C(C)C)N(C)Cc1ccncc1)C(C)C. The molecule has 0 bridgehead atoms. The lowest BCUT2D eigenvalue weighted by Gasteiger charge is -2.41. The maximum Gasteiger partial charge on any atom is 0.328 e. The van der Waals surface area contributed by atoms with Crippen molar-refractivity contribution in [2.75, 3.05) is 42.0 Å². The van der Waals surface area contributed by atoms with Crippen LogP contribution < -0.4 is 5.32 Å². The van der Waals surface area contributed by atoms with E-state index in [2.05, 4.69) is 29.0 Å². The number of carbonyl (C=O) groups excluding carboxylic acids is 5. The number of pyridine rings is 1. The van der Waals surface area contributed by atoms with Crippen molar-refractivity contribution in [1.29, 1.82) is 0 Å². The molecule has 2 heterocycles. The van der Waals surface area contributed by atoms with Crippen LogP contribution in [0.15, 0.2) is 54.9 Å². The number of ether oxygens (including phenoxy) is 3.